The van der Waals surface area contributed by atoms with E-state index >= 15 is 0 Å². The molecule has 2 aliphatic rings. The van der Waals surface area contributed by atoms with Gasteiger partial charge in [-0.05, 0) is 28.3 Å². The lowest BCUT2D eigenvalue weighted by atomic mass is 10.0. The molecule has 0 spiro atoms. The lowest BCUT2D eigenvalue weighted by Crippen LogP contribution is -2.49. The number of carbonyl (C=O) groups is 1. The summed E-state index contributed by atoms with van der Waals surface area (Å²) in [5.41, 5.74) is 0.679. The van der Waals surface area contributed by atoms with Crippen LogP contribution in [0.5, 0.6) is 0 Å². The molecule has 1 aliphatic carbocycles. The van der Waals surface area contributed by atoms with Gasteiger partial charge in [-0.2, -0.15) is 5.10 Å². The van der Waals surface area contributed by atoms with E-state index in [0.717, 1.165) is 31.1 Å². The lowest BCUT2D eigenvalue weighted by Gasteiger charge is -2.36. The van der Waals surface area contributed by atoms with E-state index in [9.17, 15) is 9.59 Å². The van der Waals surface area contributed by atoms with Gasteiger partial charge in [-0.1, -0.05) is 25.7 Å². The van der Waals surface area contributed by atoms with Crippen LogP contribution in [0.1, 0.15) is 38.5 Å². The normalized spacial score (nSPS) is 19.1. The Morgan fingerprint density at radius 3 is 2.58 bits per heavy atom. The molecular formula is C17H25BrN4O2. The van der Waals surface area contributed by atoms with Crippen molar-refractivity contribution < 1.29 is 4.79 Å². The Labute approximate surface area is 150 Å². The van der Waals surface area contributed by atoms with Crippen LogP contribution in [0.3, 0.4) is 0 Å². The van der Waals surface area contributed by atoms with Crippen LogP contribution >= 0.6 is 15.9 Å². The molecule has 1 aromatic rings. The minimum absolute atomic E-state index is 0.137. The number of nitrogens with zero attached hydrogens (tertiary/aromatic N) is 4. The molecule has 0 radical (unpaired) electrons. The Morgan fingerprint density at radius 1 is 1.25 bits per heavy atom. The van der Waals surface area contributed by atoms with Gasteiger partial charge in [0.25, 0.3) is 5.56 Å². The van der Waals surface area contributed by atoms with Crippen LogP contribution in [0, 0.1) is 5.92 Å². The number of aryl methyl sites for hydroxylation is 1. The van der Waals surface area contributed by atoms with Crippen LogP contribution in [0.25, 0.3) is 0 Å². The quantitative estimate of drug-likeness (QED) is 0.782. The van der Waals surface area contributed by atoms with Crippen molar-refractivity contribution in [1.82, 2.24) is 14.7 Å². The zero-order valence-corrected chi connectivity index (χ0v) is 15.8. The Kier molecular flexibility index (Phi) is 5.58. The molecule has 2 heterocycles. The fourth-order valence-electron chi connectivity index (χ4n) is 3.70. The van der Waals surface area contributed by atoms with E-state index in [1.807, 2.05) is 4.90 Å². The van der Waals surface area contributed by atoms with Gasteiger partial charge in [0, 0.05) is 39.6 Å². The van der Waals surface area contributed by atoms with Crippen LogP contribution < -0.4 is 10.5 Å². The Bertz CT molecular complexity index is 646. The molecule has 6 nitrogen and oxygen atoms in total. The van der Waals surface area contributed by atoms with Crippen molar-refractivity contribution in [3.05, 3.63) is 21.0 Å². The Morgan fingerprint density at radius 2 is 1.92 bits per heavy atom. The van der Waals surface area contributed by atoms with Crippen LogP contribution in [-0.4, -0.2) is 46.8 Å². The van der Waals surface area contributed by atoms with Crippen LogP contribution in [0.2, 0.25) is 0 Å². The molecule has 1 saturated heterocycles. The van der Waals surface area contributed by atoms with Gasteiger partial charge >= 0.3 is 0 Å². The number of hydrogen-bond acceptors (Lipinski definition) is 4. The van der Waals surface area contributed by atoms with E-state index in [-0.39, 0.29) is 11.5 Å². The van der Waals surface area contributed by atoms with Crippen molar-refractivity contribution in [3.63, 3.8) is 0 Å². The molecule has 3 rings (SSSR count). The van der Waals surface area contributed by atoms with Crippen molar-refractivity contribution in [2.75, 3.05) is 31.1 Å². The first-order valence-electron chi connectivity index (χ1n) is 8.81. The smallest absolute Gasteiger partial charge is 0.282 e. The number of anilines is 1. The first kappa shape index (κ1) is 17.5. The molecule has 1 aliphatic heterocycles. The van der Waals surface area contributed by atoms with E-state index in [1.165, 1.54) is 30.4 Å². The van der Waals surface area contributed by atoms with E-state index in [1.54, 1.807) is 13.2 Å². The highest BCUT2D eigenvalue weighted by Gasteiger charge is 2.24. The molecule has 0 unspecified atom stereocenters. The van der Waals surface area contributed by atoms with Gasteiger partial charge in [0.2, 0.25) is 5.91 Å². The average molecular weight is 397 g/mol. The first-order chi connectivity index (χ1) is 11.6. The SMILES string of the molecule is Cn1ncc(N2CCN(C(=O)CCC3CCCC3)CC2)c(Br)c1=O. The van der Waals surface area contributed by atoms with Gasteiger partial charge in [-0.3, -0.25) is 9.59 Å². The highest BCUT2D eigenvalue weighted by atomic mass is 79.9. The molecular weight excluding hydrogens is 372 g/mol. The Balaban J connectivity index is 1.53. The summed E-state index contributed by atoms with van der Waals surface area (Å²) in [6.07, 6.45) is 8.69. The third-order valence-electron chi connectivity index (χ3n) is 5.27. The summed E-state index contributed by atoms with van der Waals surface area (Å²) in [7, 11) is 1.64. The maximum absolute atomic E-state index is 12.4. The molecule has 0 N–H and O–H groups in total. The summed E-state index contributed by atoms with van der Waals surface area (Å²) in [6, 6.07) is 0. The molecule has 1 amide bonds. The molecule has 0 atom stereocenters. The molecule has 0 aromatic carbocycles. The van der Waals surface area contributed by atoms with Gasteiger partial charge in [-0.25, -0.2) is 4.68 Å². The van der Waals surface area contributed by atoms with Crippen LogP contribution in [0.4, 0.5) is 5.69 Å². The predicted molar refractivity (Wildman–Crippen MR) is 97.2 cm³/mol. The number of amides is 1. The molecule has 1 saturated carbocycles. The average Bonchev–Trinajstić information content (AvgIpc) is 3.11. The monoisotopic (exact) mass is 396 g/mol. The highest BCUT2D eigenvalue weighted by Crippen LogP contribution is 2.29. The summed E-state index contributed by atoms with van der Waals surface area (Å²) in [5.74, 6) is 1.04. The standard InChI is InChI=1S/C17H25BrN4O2/c1-20-17(24)16(18)14(12-19-20)21-8-10-22(11-9-21)15(23)7-6-13-4-2-3-5-13/h12-13H,2-11H2,1H3. The molecule has 0 bridgehead atoms. The largest absolute Gasteiger partial charge is 0.366 e. The van der Waals surface area contributed by atoms with E-state index in [4.69, 9.17) is 0 Å². The number of piperazine rings is 1. The number of aromatic nitrogens is 2. The zero-order valence-electron chi connectivity index (χ0n) is 14.2. The molecule has 132 valence electrons. The van der Waals surface area contributed by atoms with Crippen molar-refractivity contribution >= 4 is 27.5 Å². The summed E-state index contributed by atoms with van der Waals surface area (Å²) in [6.45, 7) is 2.90. The number of hydrogen-bond donors (Lipinski definition) is 0. The minimum Gasteiger partial charge on any atom is -0.366 e. The van der Waals surface area contributed by atoms with Gasteiger partial charge in [-0.15, -0.1) is 0 Å². The van der Waals surface area contributed by atoms with E-state index in [2.05, 4.69) is 25.9 Å². The highest BCUT2D eigenvalue weighted by molar-refractivity contribution is 9.10. The molecule has 7 heteroatoms. The van der Waals surface area contributed by atoms with Gasteiger partial charge < -0.3 is 9.80 Å². The summed E-state index contributed by atoms with van der Waals surface area (Å²) in [4.78, 5) is 28.5. The third kappa shape index (κ3) is 3.82. The van der Waals surface area contributed by atoms with Crippen LogP contribution in [0.15, 0.2) is 15.5 Å². The van der Waals surface area contributed by atoms with Gasteiger partial charge in [0.05, 0.1) is 11.9 Å². The minimum atomic E-state index is -0.137. The van der Waals surface area contributed by atoms with Gasteiger partial charge in [0.15, 0.2) is 0 Å². The predicted octanol–water partition coefficient (Wildman–Crippen LogP) is 2.16. The van der Waals surface area contributed by atoms with E-state index in [0.29, 0.717) is 24.0 Å². The van der Waals surface area contributed by atoms with Crippen molar-refractivity contribution in [2.45, 2.75) is 38.5 Å². The second-order valence-corrected chi connectivity index (χ2v) is 7.62. The third-order valence-corrected chi connectivity index (χ3v) is 6.02. The zero-order chi connectivity index (χ0) is 17.1. The summed E-state index contributed by atoms with van der Waals surface area (Å²) in [5, 5.41) is 4.09. The fraction of sp³-hybridized carbons (Fsp3) is 0.706. The fourth-order valence-corrected chi connectivity index (χ4v) is 4.31. The molecule has 2 fully saturated rings. The van der Waals surface area contributed by atoms with Crippen molar-refractivity contribution in [2.24, 2.45) is 13.0 Å². The first-order valence-corrected chi connectivity index (χ1v) is 9.60. The summed E-state index contributed by atoms with van der Waals surface area (Å²) >= 11 is 3.38. The molecule has 24 heavy (non-hydrogen) atoms. The van der Waals surface area contributed by atoms with Crippen molar-refractivity contribution in [3.8, 4) is 0 Å². The molecule has 1 aromatic heterocycles. The second kappa shape index (κ2) is 7.68. The Hall–Kier alpha value is -1.37. The lowest BCUT2D eigenvalue weighted by molar-refractivity contribution is -0.131. The van der Waals surface area contributed by atoms with Crippen molar-refractivity contribution in [1.29, 1.82) is 0 Å². The number of rotatable bonds is 4. The number of halogens is 1. The second-order valence-electron chi connectivity index (χ2n) is 6.83. The maximum atomic E-state index is 12.4. The maximum Gasteiger partial charge on any atom is 0.282 e. The van der Waals surface area contributed by atoms with E-state index < -0.39 is 0 Å². The number of carbonyl (C=O) groups excluding carboxylic acids is 1. The summed E-state index contributed by atoms with van der Waals surface area (Å²) < 4.78 is 1.86. The van der Waals surface area contributed by atoms with Crippen LogP contribution in [-0.2, 0) is 11.8 Å². The van der Waals surface area contributed by atoms with Gasteiger partial charge in [0.1, 0.15) is 4.47 Å². The topological polar surface area (TPSA) is 58.4 Å².